The number of carbonyl (C=O) groups excluding carboxylic acids is 4. The maximum atomic E-state index is 12.8. The molecule has 4 amide bonds. The van der Waals surface area contributed by atoms with E-state index in [1.807, 2.05) is 6.07 Å². The topological polar surface area (TPSA) is 108 Å². The van der Waals surface area contributed by atoms with Crippen LogP contribution in [-0.2, 0) is 16.1 Å². The summed E-state index contributed by atoms with van der Waals surface area (Å²) in [4.78, 5) is 49.9. The van der Waals surface area contributed by atoms with Crippen LogP contribution in [0.25, 0.3) is 0 Å². The van der Waals surface area contributed by atoms with E-state index in [9.17, 15) is 19.2 Å². The number of benzene rings is 1. The van der Waals surface area contributed by atoms with E-state index in [4.69, 9.17) is 0 Å². The Balaban J connectivity index is 1.43. The molecule has 3 N–H and O–H groups in total. The third-order valence-corrected chi connectivity index (χ3v) is 5.64. The molecule has 2 unspecified atom stereocenters. The Morgan fingerprint density at radius 3 is 2.61 bits per heavy atom. The molecule has 8 heteroatoms. The first-order chi connectivity index (χ1) is 13.5. The summed E-state index contributed by atoms with van der Waals surface area (Å²) in [5, 5.41) is 9.09. The molecule has 2 fully saturated rings. The van der Waals surface area contributed by atoms with E-state index in [1.165, 1.54) is 12.8 Å². The molecule has 3 aliphatic heterocycles. The minimum atomic E-state index is -0.927. The van der Waals surface area contributed by atoms with E-state index in [0.29, 0.717) is 23.7 Å². The SMILES string of the molecule is O=C1CCC(N2C(=O)c3ccc(CNCC4CCCCN4)cc3C2=O)C(=O)N1. The zero-order valence-corrected chi connectivity index (χ0v) is 15.6. The van der Waals surface area contributed by atoms with Crippen LogP contribution in [0.2, 0.25) is 0 Å². The molecular formula is C20H24N4O4. The highest BCUT2D eigenvalue weighted by atomic mass is 16.2. The first-order valence-electron chi connectivity index (χ1n) is 9.83. The summed E-state index contributed by atoms with van der Waals surface area (Å²) in [5.41, 5.74) is 1.55. The minimum absolute atomic E-state index is 0.119. The Labute approximate surface area is 163 Å². The van der Waals surface area contributed by atoms with Gasteiger partial charge in [-0.25, -0.2) is 0 Å². The van der Waals surface area contributed by atoms with Gasteiger partial charge in [-0.3, -0.25) is 29.4 Å². The van der Waals surface area contributed by atoms with Gasteiger partial charge >= 0.3 is 0 Å². The van der Waals surface area contributed by atoms with Crippen molar-refractivity contribution in [1.29, 1.82) is 0 Å². The quantitative estimate of drug-likeness (QED) is 0.631. The molecule has 0 spiro atoms. The van der Waals surface area contributed by atoms with Crippen molar-refractivity contribution in [1.82, 2.24) is 20.9 Å². The van der Waals surface area contributed by atoms with Crippen LogP contribution in [0, 0.1) is 0 Å². The first-order valence-corrected chi connectivity index (χ1v) is 9.83. The normalized spacial score (nSPS) is 25.1. The molecule has 1 aromatic carbocycles. The van der Waals surface area contributed by atoms with Crippen LogP contribution in [0.5, 0.6) is 0 Å². The standard InChI is InChI=1S/C20H24N4O4/c25-17-7-6-16(18(26)23-17)24-19(27)14-5-4-12(9-15(14)20(24)28)10-21-11-13-3-1-2-8-22-13/h4-5,9,13,16,21-22H,1-3,6-8,10-11H2,(H,23,25,26). The largest absolute Gasteiger partial charge is 0.313 e. The van der Waals surface area contributed by atoms with Crippen LogP contribution in [0.4, 0.5) is 0 Å². The third-order valence-electron chi connectivity index (χ3n) is 5.64. The number of hydrogen-bond acceptors (Lipinski definition) is 6. The van der Waals surface area contributed by atoms with E-state index < -0.39 is 23.8 Å². The van der Waals surface area contributed by atoms with Crippen LogP contribution >= 0.6 is 0 Å². The molecule has 0 aliphatic carbocycles. The Kier molecular flexibility index (Phi) is 5.23. The van der Waals surface area contributed by atoms with Crippen LogP contribution in [0.15, 0.2) is 18.2 Å². The number of carbonyl (C=O) groups is 4. The van der Waals surface area contributed by atoms with Gasteiger partial charge in [-0.1, -0.05) is 12.5 Å². The highest BCUT2D eigenvalue weighted by Gasteiger charge is 2.44. The van der Waals surface area contributed by atoms with Crippen molar-refractivity contribution < 1.29 is 19.2 Å². The number of nitrogens with zero attached hydrogens (tertiary/aromatic N) is 1. The van der Waals surface area contributed by atoms with Crippen LogP contribution in [-0.4, -0.2) is 53.7 Å². The lowest BCUT2D eigenvalue weighted by Gasteiger charge is -2.27. The lowest BCUT2D eigenvalue weighted by Crippen LogP contribution is -2.54. The molecular weight excluding hydrogens is 360 g/mol. The lowest BCUT2D eigenvalue weighted by atomic mass is 10.0. The van der Waals surface area contributed by atoms with Gasteiger partial charge in [0.1, 0.15) is 6.04 Å². The molecule has 1 aromatic rings. The number of nitrogens with one attached hydrogen (secondary N) is 3. The van der Waals surface area contributed by atoms with Gasteiger partial charge in [0.2, 0.25) is 11.8 Å². The summed E-state index contributed by atoms with van der Waals surface area (Å²) in [6.07, 6.45) is 3.91. The zero-order chi connectivity index (χ0) is 19.7. The number of fused-ring (bicyclic) bond motifs is 1. The van der Waals surface area contributed by atoms with E-state index in [2.05, 4.69) is 16.0 Å². The first kappa shape index (κ1) is 18.8. The second-order valence-corrected chi connectivity index (χ2v) is 7.60. The molecule has 0 radical (unpaired) electrons. The molecule has 3 heterocycles. The number of piperidine rings is 2. The van der Waals surface area contributed by atoms with Gasteiger partial charge in [0.15, 0.2) is 0 Å². The van der Waals surface area contributed by atoms with Crippen molar-refractivity contribution in [2.24, 2.45) is 0 Å². The average Bonchev–Trinajstić information content (AvgIpc) is 2.93. The van der Waals surface area contributed by atoms with Crippen LogP contribution in [0.3, 0.4) is 0 Å². The lowest BCUT2D eigenvalue weighted by molar-refractivity contribution is -0.136. The van der Waals surface area contributed by atoms with Gasteiger partial charge in [0, 0.05) is 25.6 Å². The smallest absolute Gasteiger partial charge is 0.262 e. The predicted octanol–water partition coefficient (Wildman–Crippen LogP) is 0.320. The maximum absolute atomic E-state index is 12.8. The van der Waals surface area contributed by atoms with Gasteiger partial charge in [-0.05, 0) is 43.5 Å². The average molecular weight is 384 g/mol. The summed E-state index contributed by atoms with van der Waals surface area (Å²) >= 11 is 0. The van der Waals surface area contributed by atoms with Gasteiger partial charge in [-0.15, -0.1) is 0 Å². The number of amides is 4. The summed E-state index contributed by atoms with van der Waals surface area (Å²) in [5.74, 6) is -1.91. The highest BCUT2D eigenvalue weighted by molar-refractivity contribution is 6.23. The molecule has 148 valence electrons. The van der Waals surface area contributed by atoms with Crippen molar-refractivity contribution in [3.63, 3.8) is 0 Å². The number of rotatable bonds is 5. The van der Waals surface area contributed by atoms with E-state index in [-0.39, 0.29) is 18.7 Å². The highest BCUT2D eigenvalue weighted by Crippen LogP contribution is 2.28. The van der Waals surface area contributed by atoms with Crippen molar-refractivity contribution in [3.05, 3.63) is 34.9 Å². The van der Waals surface area contributed by atoms with E-state index in [1.54, 1.807) is 12.1 Å². The Hall–Kier alpha value is -2.58. The second kappa shape index (κ2) is 7.81. The Morgan fingerprint density at radius 2 is 1.86 bits per heavy atom. The summed E-state index contributed by atoms with van der Waals surface area (Å²) in [6, 6.07) is 4.75. The van der Waals surface area contributed by atoms with E-state index >= 15 is 0 Å². The Bertz CT molecular complexity index is 831. The van der Waals surface area contributed by atoms with Gasteiger partial charge < -0.3 is 10.6 Å². The Morgan fingerprint density at radius 1 is 1.04 bits per heavy atom. The molecule has 3 aliphatic rings. The zero-order valence-electron chi connectivity index (χ0n) is 15.6. The van der Waals surface area contributed by atoms with Crippen LogP contribution in [0.1, 0.15) is 58.4 Å². The second-order valence-electron chi connectivity index (χ2n) is 7.60. The van der Waals surface area contributed by atoms with Gasteiger partial charge in [0.25, 0.3) is 11.8 Å². The maximum Gasteiger partial charge on any atom is 0.262 e. The number of imide groups is 2. The fourth-order valence-electron chi connectivity index (χ4n) is 4.12. The molecule has 0 bridgehead atoms. The molecule has 0 saturated carbocycles. The van der Waals surface area contributed by atoms with Crippen LogP contribution < -0.4 is 16.0 Å². The molecule has 2 atom stereocenters. The van der Waals surface area contributed by atoms with Crippen molar-refractivity contribution >= 4 is 23.6 Å². The summed E-state index contributed by atoms with van der Waals surface area (Å²) < 4.78 is 0. The van der Waals surface area contributed by atoms with E-state index in [0.717, 1.165) is 30.0 Å². The molecule has 4 rings (SSSR count). The number of hydrogen-bond donors (Lipinski definition) is 3. The molecule has 28 heavy (non-hydrogen) atoms. The van der Waals surface area contributed by atoms with Gasteiger partial charge in [0.05, 0.1) is 11.1 Å². The fourth-order valence-corrected chi connectivity index (χ4v) is 4.12. The summed E-state index contributed by atoms with van der Waals surface area (Å²) in [6.45, 7) is 2.51. The minimum Gasteiger partial charge on any atom is -0.313 e. The molecule has 2 saturated heterocycles. The fraction of sp³-hybridized carbons (Fsp3) is 0.500. The predicted molar refractivity (Wildman–Crippen MR) is 100 cm³/mol. The van der Waals surface area contributed by atoms with Crippen molar-refractivity contribution in [3.8, 4) is 0 Å². The van der Waals surface area contributed by atoms with Crippen molar-refractivity contribution in [2.75, 3.05) is 13.1 Å². The summed E-state index contributed by atoms with van der Waals surface area (Å²) in [7, 11) is 0. The monoisotopic (exact) mass is 384 g/mol. The van der Waals surface area contributed by atoms with Gasteiger partial charge in [-0.2, -0.15) is 0 Å². The van der Waals surface area contributed by atoms with Crippen molar-refractivity contribution in [2.45, 2.75) is 50.7 Å². The molecule has 8 nitrogen and oxygen atoms in total. The third kappa shape index (κ3) is 3.57. The molecule has 0 aromatic heterocycles.